The highest BCUT2D eigenvalue weighted by atomic mass is 32.1. The van der Waals surface area contributed by atoms with Crippen LogP contribution in [0.25, 0.3) is 0 Å². The van der Waals surface area contributed by atoms with Crippen LogP contribution in [0, 0.1) is 17.8 Å². The van der Waals surface area contributed by atoms with E-state index in [4.69, 9.17) is 4.74 Å². The zero-order valence-corrected chi connectivity index (χ0v) is 34.5. The van der Waals surface area contributed by atoms with E-state index in [-0.39, 0.29) is 48.2 Å². The molecular weight excluding hydrogens is 723 g/mol. The minimum absolute atomic E-state index is 0.00579. The molecular formula is C41H63N5O8S. The predicted octanol–water partition coefficient (Wildman–Crippen LogP) is 5.23. The van der Waals surface area contributed by atoms with E-state index in [1.165, 1.54) is 6.92 Å². The number of carboxylic acid groups (broad SMARTS) is 1. The molecule has 0 bridgehead atoms. The summed E-state index contributed by atoms with van der Waals surface area (Å²) in [6.07, 6.45) is 5.21. The van der Waals surface area contributed by atoms with Gasteiger partial charge in [0.05, 0.1) is 18.6 Å². The molecule has 0 spiro atoms. The van der Waals surface area contributed by atoms with Crippen LogP contribution in [-0.2, 0) is 30.3 Å². The molecule has 2 aromatic rings. The van der Waals surface area contributed by atoms with Gasteiger partial charge in [-0.3, -0.25) is 28.9 Å². The molecule has 1 aromatic heterocycles. The number of esters is 1. The normalized spacial score (nSPS) is 18.0. The Morgan fingerprint density at radius 3 is 2.36 bits per heavy atom. The van der Waals surface area contributed by atoms with Gasteiger partial charge in [-0.25, -0.2) is 4.98 Å². The van der Waals surface area contributed by atoms with E-state index in [1.54, 1.807) is 17.3 Å². The predicted molar refractivity (Wildman–Crippen MR) is 212 cm³/mol. The molecule has 1 fully saturated rings. The van der Waals surface area contributed by atoms with Crippen molar-refractivity contribution < 1.29 is 38.9 Å². The van der Waals surface area contributed by atoms with Crippen molar-refractivity contribution in [3.8, 4) is 0 Å². The van der Waals surface area contributed by atoms with Crippen LogP contribution in [0.15, 0.2) is 35.7 Å². The number of aliphatic carboxylic acids is 1. The van der Waals surface area contributed by atoms with Gasteiger partial charge in [-0.05, 0) is 62.6 Å². The second kappa shape index (κ2) is 22.6. The van der Waals surface area contributed by atoms with Gasteiger partial charge in [-0.1, -0.05) is 84.2 Å². The molecule has 1 aliphatic rings. The average Bonchev–Trinajstić information content (AvgIpc) is 3.66. The Bertz CT molecular complexity index is 1540. The SMILES string of the molecule is CCCCN1CCCC[C@@H]1C(=O)N[C@H](C(=O)N(C)[C@H](C[C@@H](OC(C)=O)c1nc(C(=O)N[C@@H](Cc2ccccc2)CC(CO)C(=O)O)cs1)C(C)C)[C@@H](C)CC. The van der Waals surface area contributed by atoms with Crippen molar-refractivity contribution in [1.82, 2.24) is 25.4 Å². The summed E-state index contributed by atoms with van der Waals surface area (Å²) in [4.78, 5) is 74.3. The first-order chi connectivity index (χ1) is 26.2. The van der Waals surface area contributed by atoms with Crippen molar-refractivity contribution in [2.24, 2.45) is 17.8 Å². The van der Waals surface area contributed by atoms with Gasteiger partial charge in [0.2, 0.25) is 11.8 Å². The Hall–Kier alpha value is -3.88. The summed E-state index contributed by atoms with van der Waals surface area (Å²) in [5.41, 5.74) is 0.965. The number of hydrogen-bond donors (Lipinski definition) is 4. The lowest BCUT2D eigenvalue weighted by atomic mass is 9.92. The molecule has 0 aliphatic carbocycles. The summed E-state index contributed by atoms with van der Waals surface area (Å²) in [5.74, 6) is -3.83. The highest BCUT2D eigenvalue weighted by Gasteiger charge is 2.38. The Balaban J connectivity index is 1.82. The molecule has 1 saturated heterocycles. The monoisotopic (exact) mass is 785 g/mol. The van der Waals surface area contributed by atoms with Crippen molar-refractivity contribution in [3.05, 3.63) is 52.0 Å². The molecule has 55 heavy (non-hydrogen) atoms. The van der Waals surface area contributed by atoms with Gasteiger partial charge in [0.1, 0.15) is 16.7 Å². The molecule has 13 nitrogen and oxygen atoms in total. The van der Waals surface area contributed by atoms with Crippen LogP contribution >= 0.6 is 11.3 Å². The molecule has 306 valence electrons. The molecule has 0 radical (unpaired) electrons. The number of likely N-dealkylation sites (tertiary alicyclic amines) is 1. The Morgan fingerprint density at radius 2 is 1.76 bits per heavy atom. The smallest absolute Gasteiger partial charge is 0.308 e. The van der Waals surface area contributed by atoms with Crippen LogP contribution in [0.1, 0.15) is 120 Å². The molecule has 2 heterocycles. The molecule has 1 aromatic carbocycles. The number of piperidine rings is 1. The first-order valence-electron chi connectivity index (χ1n) is 19.8. The van der Waals surface area contributed by atoms with E-state index in [9.17, 15) is 34.2 Å². The number of likely N-dealkylation sites (N-methyl/N-ethyl adjacent to an activating group) is 1. The third-order valence-electron chi connectivity index (χ3n) is 10.7. The number of aliphatic hydroxyl groups excluding tert-OH is 1. The number of aliphatic hydroxyl groups is 1. The van der Waals surface area contributed by atoms with E-state index in [0.29, 0.717) is 17.8 Å². The summed E-state index contributed by atoms with van der Waals surface area (Å²) in [7, 11) is 1.72. The second-order valence-corrected chi connectivity index (χ2v) is 16.1. The summed E-state index contributed by atoms with van der Waals surface area (Å²) >= 11 is 1.15. The van der Waals surface area contributed by atoms with Gasteiger partial charge in [-0.2, -0.15) is 0 Å². The highest BCUT2D eigenvalue weighted by molar-refractivity contribution is 7.09. The number of benzene rings is 1. The minimum atomic E-state index is -1.16. The summed E-state index contributed by atoms with van der Waals surface area (Å²) in [6.45, 7) is 12.5. The largest absolute Gasteiger partial charge is 0.481 e. The topological polar surface area (TPSA) is 178 Å². The zero-order chi connectivity index (χ0) is 40.7. The third kappa shape index (κ3) is 13.7. The number of carboxylic acids is 1. The Morgan fingerprint density at radius 1 is 1.05 bits per heavy atom. The van der Waals surface area contributed by atoms with Gasteiger partial charge < -0.3 is 30.5 Å². The highest BCUT2D eigenvalue weighted by Crippen LogP contribution is 2.31. The number of nitrogens with zero attached hydrogens (tertiary/aromatic N) is 3. The van der Waals surface area contributed by atoms with Gasteiger partial charge in [-0.15, -0.1) is 11.3 Å². The van der Waals surface area contributed by atoms with Gasteiger partial charge in [0.15, 0.2) is 6.10 Å². The van der Waals surface area contributed by atoms with Gasteiger partial charge >= 0.3 is 11.9 Å². The quantitative estimate of drug-likeness (QED) is 0.116. The Labute approximate surface area is 330 Å². The first kappa shape index (κ1) is 45.5. The number of carbonyl (C=O) groups is 5. The number of hydrogen-bond acceptors (Lipinski definition) is 10. The van der Waals surface area contributed by atoms with Crippen molar-refractivity contribution in [2.75, 3.05) is 26.7 Å². The van der Waals surface area contributed by atoms with Crippen LogP contribution in [-0.4, -0.2) is 106 Å². The minimum Gasteiger partial charge on any atom is -0.481 e. The van der Waals surface area contributed by atoms with Crippen LogP contribution in [0.4, 0.5) is 0 Å². The van der Waals surface area contributed by atoms with Crippen molar-refractivity contribution in [1.29, 1.82) is 0 Å². The maximum absolute atomic E-state index is 14.3. The molecule has 14 heteroatoms. The molecule has 1 unspecified atom stereocenters. The maximum Gasteiger partial charge on any atom is 0.308 e. The molecule has 4 N–H and O–H groups in total. The molecule has 3 amide bonds. The van der Waals surface area contributed by atoms with E-state index in [1.807, 2.05) is 58.0 Å². The molecule has 3 rings (SSSR count). The fourth-order valence-electron chi connectivity index (χ4n) is 7.22. The van der Waals surface area contributed by atoms with Crippen molar-refractivity contribution in [3.63, 3.8) is 0 Å². The van der Waals surface area contributed by atoms with E-state index < -0.39 is 54.6 Å². The van der Waals surface area contributed by atoms with E-state index in [2.05, 4.69) is 27.4 Å². The maximum atomic E-state index is 14.3. The lowest BCUT2D eigenvalue weighted by molar-refractivity contribution is -0.149. The summed E-state index contributed by atoms with van der Waals surface area (Å²) < 4.78 is 5.78. The summed E-state index contributed by atoms with van der Waals surface area (Å²) in [5, 5.41) is 27.3. The van der Waals surface area contributed by atoms with Crippen LogP contribution < -0.4 is 10.6 Å². The molecule has 0 saturated carbocycles. The van der Waals surface area contributed by atoms with Crippen LogP contribution in [0.5, 0.6) is 0 Å². The fourth-order valence-corrected chi connectivity index (χ4v) is 8.06. The second-order valence-electron chi connectivity index (χ2n) is 15.3. The lowest BCUT2D eigenvalue weighted by Crippen LogP contribution is -2.58. The number of nitrogens with one attached hydrogen (secondary N) is 2. The van der Waals surface area contributed by atoms with E-state index >= 15 is 0 Å². The number of thiazole rings is 1. The lowest BCUT2D eigenvalue weighted by Gasteiger charge is -2.39. The van der Waals surface area contributed by atoms with Gasteiger partial charge in [0.25, 0.3) is 5.91 Å². The number of amides is 3. The van der Waals surface area contributed by atoms with E-state index in [0.717, 1.165) is 62.1 Å². The Kier molecular flexibility index (Phi) is 18.7. The van der Waals surface area contributed by atoms with Crippen molar-refractivity contribution >= 4 is 41.0 Å². The first-order valence-corrected chi connectivity index (χ1v) is 20.7. The number of ether oxygens (including phenoxy) is 1. The number of rotatable bonds is 22. The van der Waals surface area contributed by atoms with Crippen LogP contribution in [0.2, 0.25) is 0 Å². The zero-order valence-electron chi connectivity index (χ0n) is 33.7. The standard InChI is InChI=1S/C41H63N5O8S/c1-8-10-19-46-20-15-14-18-33(46)38(50)44-36(27(5)9-2)40(51)45(7)34(26(3)4)23-35(54-28(6)48)39-43-32(25-55-39)37(49)42-31(22-30(24-47)41(52)53)21-29-16-12-11-13-17-29/h11-13,16-17,25-27,30-31,33-36,47H,8-10,14-15,18-24H2,1-7H3,(H,42,49)(H,44,50)(H,52,53)/t27-,30?,31-,33+,34+,35+,36-/m0/s1. The third-order valence-corrected chi connectivity index (χ3v) is 11.6. The average molecular weight is 786 g/mol. The number of aromatic nitrogens is 1. The fraction of sp³-hybridized carbons (Fsp3) is 0.659. The number of unbranched alkanes of at least 4 members (excludes halogenated alkanes) is 1. The summed E-state index contributed by atoms with van der Waals surface area (Å²) in [6, 6.07) is 7.29. The van der Waals surface area contributed by atoms with Gasteiger partial charge in [0, 0.05) is 37.9 Å². The number of carbonyl (C=O) groups excluding carboxylic acids is 4. The van der Waals surface area contributed by atoms with Crippen LogP contribution in [0.3, 0.4) is 0 Å². The van der Waals surface area contributed by atoms with Crippen molar-refractivity contribution in [2.45, 2.75) is 130 Å². The molecule has 7 atom stereocenters. The molecule has 1 aliphatic heterocycles.